The lowest BCUT2D eigenvalue weighted by Crippen LogP contribution is -2.33. The van der Waals surface area contributed by atoms with Crippen molar-refractivity contribution in [2.45, 2.75) is 44.2 Å². The zero-order valence-corrected chi connectivity index (χ0v) is 20.2. The lowest BCUT2D eigenvalue weighted by molar-refractivity contribution is -0.139. The average Bonchev–Trinajstić information content (AvgIpc) is 3.24. The third-order valence-corrected chi connectivity index (χ3v) is 6.53. The van der Waals surface area contributed by atoms with Gasteiger partial charge in [-0.2, -0.15) is 26.3 Å². The monoisotopic (exact) mass is 524 g/mol. The van der Waals surface area contributed by atoms with Gasteiger partial charge in [0.05, 0.1) is 22.9 Å². The van der Waals surface area contributed by atoms with E-state index < -0.39 is 41.1 Å². The van der Waals surface area contributed by atoms with E-state index in [1.54, 1.807) is 11.1 Å². The number of likely N-dealkylation sites (N-methyl/N-ethyl adjacent to an activating group) is 1. The number of amides is 1. The fourth-order valence-electron chi connectivity index (χ4n) is 4.84. The third kappa shape index (κ3) is 5.98. The number of nitrogens with one attached hydrogen (secondary N) is 1. The van der Waals surface area contributed by atoms with Crippen molar-refractivity contribution in [1.82, 2.24) is 14.8 Å². The van der Waals surface area contributed by atoms with Gasteiger partial charge in [0.1, 0.15) is 5.82 Å². The molecule has 2 aromatic rings. The van der Waals surface area contributed by atoms with Gasteiger partial charge in [-0.05, 0) is 61.8 Å². The molecule has 1 amide bonds. The number of hydrogen-bond acceptors (Lipinski definition) is 4. The molecule has 1 aromatic carbocycles. The van der Waals surface area contributed by atoms with Crippen LogP contribution in [0.15, 0.2) is 60.3 Å². The fourth-order valence-corrected chi connectivity index (χ4v) is 4.84. The van der Waals surface area contributed by atoms with E-state index in [9.17, 15) is 31.1 Å². The molecule has 0 bridgehead atoms. The van der Waals surface area contributed by atoms with Crippen LogP contribution in [-0.4, -0.2) is 46.9 Å². The van der Waals surface area contributed by atoms with E-state index in [0.29, 0.717) is 0 Å². The Balaban J connectivity index is 1.87. The smallest absolute Gasteiger partial charge is 0.361 e. The highest BCUT2D eigenvalue weighted by Gasteiger charge is 2.39. The quantitative estimate of drug-likeness (QED) is 0.487. The fraction of sp³-hybridized carbons (Fsp3) is 0.385. The first-order valence-electron chi connectivity index (χ1n) is 11.7. The molecule has 1 unspecified atom stereocenters. The molecule has 11 heteroatoms. The van der Waals surface area contributed by atoms with Gasteiger partial charge in [-0.15, -0.1) is 0 Å². The zero-order valence-electron chi connectivity index (χ0n) is 20.2. The maximum Gasteiger partial charge on any atom is 0.418 e. The van der Waals surface area contributed by atoms with Crippen molar-refractivity contribution in [2.75, 3.05) is 25.5 Å². The second kappa shape index (κ2) is 10.2. The Kier molecular flexibility index (Phi) is 7.36. The molecule has 1 N–H and O–H groups in total. The van der Waals surface area contributed by atoms with Gasteiger partial charge in [0.15, 0.2) is 0 Å². The number of anilines is 1. The molecule has 1 saturated heterocycles. The summed E-state index contributed by atoms with van der Waals surface area (Å²) in [7, 11) is 1.97. The molecule has 0 saturated carbocycles. The van der Waals surface area contributed by atoms with Crippen molar-refractivity contribution < 1.29 is 31.1 Å². The number of likely N-dealkylation sites (tertiary alicyclic amines) is 1. The first-order chi connectivity index (χ1) is 17.3. The summed E-state index contributed by atoms with van der Waals surface area (Å²) in [5, 5.41) is 2.40. The summed E-state index contributed by atoms with van der Waals surface area (Å²) in [6, 6.07) is 4.85. The molecule has 1 fully saturated rings. The summed E-state index contributed by atoms with van der Waals surface area (Å²) in [5.74, 6) is -0.601. The number of hydrogen-bond donors (Lipinski definition) is 1. The van der Waals surface area contributed by atoms with Crippen LogP contribution in [0.2, 0.25) is 0 Å². The Morgan fingerprint density at radius 2 is 1.76 bits per heavy atom. The van der Waals surface area contributed by atoms with Crippen molar-refractivity contribution in [3.8, 4) is 0 Å². The molecule has 5 nitrogen and oxygen atoms in total. The van der Waals surface area contributed by atoms with Crippen LogP contribution >= 0.6 is 0 Å². The molecule has 37 heavy (non-hydrogen) atoms. The van der Waals surface area contributed by atoms with E-state index in [1.807, 2.05) is 19.2 Å². The van der Waals surface area contributed by atoms with Crippen LogP contribution in [0, 0.1) is 0 Å². The van der Waals surface area contributed by atoms with Crippen molar-refractivity contribution in [3.63, 3.8) is 0 Å². The Morgan fingerprint density at radius 3 is 2.32 bits per heavy atom. The number of halogens is 6. The standard InChI is InChI=1S/C26H26F6N4O/c1-16(37)33-22-12-11-20(26(30,31)32)23(34-22)24(17-7-9-19(10-8-17)25(27,28)29)36-14-3-5-18(15-36)21-6-4-13-35(21)2/h3,5,7-12,15,21,24H,4,6,13-14H2,1-2H3,(H,33,34,37)/t21-,24?/m0/s1. The Labute approximate surface area is 210 Å². The lowest BCUT2D eigenvalue weighted by Gasteiger charge is -2.35. The van der Waals surface area contributed by atoms with Gasteiger partial charge in [-0.25, -0.2) is 4.98 Å². The van der Waals surface area contributed by atoms with Gasteiger partial charge in [-0.3, -0.25) is 9.69 Å². The van der Waals surface area contributed by atoms with Crippen LogP contribution < -0.4 is 5.32 Å². The molecule has 4 rings (SSSR count). The van der Waals surface area contributed by atoms with Crippen LogP contribution in [0.25, 0.3) is 0 Å². The Hall–Kier alpha value is -3.34. The highest BCUT2D eigenvalue weighted by molar-refractivity contribution is 5.87. The molecular formula is C26H26F6N4O. The van der Waals surface area contributed by atoms with Gasteiger partial charge >= 0.3 is 12.4 Å². The number of nitrogens with zero attached hydrogens (tertiary/aromatic N) is 3. The van der Waals surface area contributed by atoms with E-state index in [1.165, 1.54) is 19.1 Å². The molecule has 0 spiro atoms. The molecule has 2 aliphatic heterocycles. The SMILES string of the molecule is CC(=O)Nc1ccc(C(F)(F)F)c(C(c2ccc(C(F)(F)F)cc2)N2C=C([C@@H]3CCCN3C)C=CC2)n1. The second-order valence-corrected chi connectivity index (χ2v) is 9.20. The van der Waals surface area contributed by atoms with Crippen molar-refractivity contribution in [3.05, 3.63) is 82.7 Å². The highest BCUT2D eigenvalue weighted by Crippen LogP contribution is 2.41. The maximum absolute atomic E-state index is 14.1. The van der Waals surface area contributed by atoms with E-state index in [2.05, 4.69) is 15.2 Å². The summed E-state index contributed by atoms with van der Waals surface area (Å²) in [4.78, 5) is 19.6. The van der Waals surface area contributed by atoms with Gasteiger partial charge in [0.25, 0.3) is 0 Å². The van der Waals surface area contributed by atoms with Crippen LogP contribution in [0.3, 0.4) is 0 Å². The topological polar surface area (TPSA) is 48.5 Å². The van der Waals surface area contributed by atoms with E-state index in [0.717, 1.165) is 49.2 Å². The van der Waals surface area contributed by atoms with Crippen molar-refractivity contribution in [2.24, 2.45) is 0 Å². The minimum Gasteiger partial charge on any atom is -0.361 e. The van der Waals surface area contributed by atoms with Gasteiger partial charge in [0.2, 0.25) is 5.91 Å². The summed E-state index contributed by atoms with van der Waals surface area (Å²) in [6.07, 6.45) is -2.00. The predicted molar refractivity (Wildman–Crippen MR) is 126 cm³/mol. The summed E-state index contributed by atoms with van der Waals surface area (Å²) >= 11 is 0. The first kappa shape index (κ1) is 26.7. The highest BCUT2D eigenvalue weighted by atomic mass is 19.4. The minimum absolute atomic E-state index is 0.0769. The van der Waals surface area contributed by atoms with Crippen LogP contribution in [0.1, 0.15) is 48.2 Å². The summed E-state index contributed by atoms with van der Waals surface area (Å²) in [6.45, 7) is 2.31. The number of carbonyl (C=O) groups excluding carboxylic acids is 1. The number of rotatable bonds is 5. The van der Waals surface area contributed by atoms with E-state index in [-0.39, 0.29) is 24.0 Å². The molecule has 3 heterocycles. The largest absolute Gasteiger partial charge is 0.418 e. The molecule has 198 valence electrons. The zero-order chi connectivity index (χ0) is 27.0. The summed E-state index contributed by atoms with van der Waals surface area (Å²) in [5.41, 5.74) is -1.25. The van der Waals surface area contributed by atoms with Gasteiger partial charge in [-0.1, -0.05) is 24.3 Å². The molecular weight excluding hydrogens is 498 g/mol. The van der Waals surface area contributed by atoms with Crippen molar-refractivity contribution in [1.29, 1.82) is 0 Å². The predicted octanol–water partition coefficient (Wildman–Crippen LogP) is 6.02. The first-order valence-corrected chi connectivity index (χ1v) is 11.7. The lowest BCUT2D eigenvalue weighted by atomic mass is 9.94. The number of aromatic nitrogens is 1. The van der Waals surface area contributed by atoms with Gasteiger partial charge < -0.3 is 10.2 Å². The maximum atomic E-state index is 14.1. The summed E-state index contributed by atoms with van der Waals surface area (Å²) < 4.78 is 82.1. The third-order valence-electron chi connectivity index (χ3n) is 6.53. The van der Waals surface area contributed by atoms with E-state index in [4.69, 9.17) is 0 Å². The van der Waals surface area contributed by atoms with E-state index >= 15 is 0 Å². The second-order valence-electron chi connectivity index (χ2n) is 9.20. The number of carbonyl (C=O) groups is 1. The van der Waals surface area contributed by atoms with Crippen LogP contribution in [0.5, 0.6) is 0 Å². The number of benzene rings is 1. The van der Waals surface area contributed by atoms with Crippen LogP contribution in [-0.2, 0) is 17.1 Å². The molecule has 2 aliphatic rings. The van der Waals surface area contributed by atoms with Crippen LogP contribution in [0.4, 0.5) is 32.2 Å². The minimum atomic E-state index is -4.79. The average molecular weight is 525 g/mol. The van der Waals surface area contributed by atoms with Gasteiger partial charge in [0, 0.05) is 25.7 Å². The molecule has 2 atom stereocenters. The molecule has 0 radical (unpaired) electrons. The Bertz CT molecular complexity index is 1200. The molecule has 0 aliphatic carbocycles. The van der Waals surface area contributed by atoms with Crippen molar-refractivity contribution >= 4 is 11.7 Å². The number of alkyl halides is 6. The Morgan fingerprint density at radius 1 is 1.05 bits per heavy atom. The normalized spacial score (nSPS) is 19.6. The number of pyridine rings is 1. The molecule has 1 aromatic heterocycles.